The van der Waals surface area contributed by atoms with E-state index in [1.165, 1.54) is 29.7 Å². The second-order valence-electron chi connectivity index (χ2n) is 4.68. The fourth-order valence-corrected chi connectivity index (χ4v) is 3.18. The predicted octanol–water partition coefficient (Wildman–Crippen LogP) is 3.04. The highest BCUT2D eigenvalue weighted by Gasteiger charge is 2.29. The Morgan fingerprint density at radius 3 is 2.33 bits per heavy atom. The molecular formula is C14H9F2NO3S. The third-order valence-electron chi connectivity index (χ3n) is 3.09. The molecule has 0 aliphatic carbocycles. The number of halogens is 2. The summed E-state index contributed by atoms with van der Waals surface area (Å²) in [6.07, 6.45) is 1.73. The monoisotopic (exact) mass is 309 g/mol. The lowest BCUT2D eigenvalue weighted by molar-refractivity contribution is -0.163. The Labute approximate surface area is 122 Å². The number of rotatable bonds is 2. The van der Waals surface area contributed by atoms with Gasteiger partial charge in [-0.2, -0.15) is 0 Å². The first kappa shape index (κ1) is 13.8. The van der Waals surface area contributed by atoms with Crippen molar-refractivity contribution in [1.29, 1.82) is 0 Å². The molecule has 0 atom stereocenters. The molecule has 1 aromatic carbocycles. The van der Waals surface area contributed by atoms with Crippen LogP contribution in [0.5, 0.6) is 0 Å². The van der Waals surface area contributed by atoms with E-state index in [-0.39, 0.29) is 18.8 Å². The van der Waals surface area contributed by atoms with E-state index in [0.717, 1.165) is 10.9 Å². The summed E-state index contributed by atoms with van der Waals surface area (Å²) in [4.78, 5) is 27.4. The van der Waals surface area contributed by atoms with Crippen LogP contribution in [0.3, 0.4) is 0 Å². The van der Waals surface area contributed by atoms with Crippen molar-refractivity contribution < 1.29 is 23.1 Å². The molecule has 0 saturated carbocycles. The second kappa shape index (κ2) is 5.33. The van der Waals surface area contributed by atoms with Crippen molar-refractivity contribution in [2.75, 3.05) is 0 Å². The van der Waals surface area contributed by atoms with E-state index >= 15 is 0 Å². The zero-order chi connectivity index (χ0) is 15.0. The summed E-state index contributed by atoms with van der Waals surface area (Å²) in [6.45, 7) is 0. The Hall–Kier alpha value is -2.15. The summed E-state index contributed by atoms with van der Waals surface area (Å²) in [6, 6.07) is 3.16. The fourth-order valence-electron chi connectivity index (χ4n) is 2.17. The number of thiazole rings is 1. The van der Waals surface area contributed by atoms with Crippen molar-refractivity contribution in [1.82, 2.24) is 4.98 Å². The first-order valence-electron chi connectivity index (χ1n) is 6.17. The van der Waals surface area contributed by atoms with Gasteiger partial charge in [-0.25, -0.2) is 13.8 Å². The minimum atomic E-state index is -0.682. The molecule has 1 saturated heterocycles. The molecule has 2 aromatic rings. The molecule has 0 radical (unpaired) electrons. The maximum absolute atomic E-state index is 13.2. The van der Waals surface area contributed by atoms with Gasteiger partial charge in [0.2, 0.25) is 0 Å². The standard InChI is InChI=1S/C14H9F2NO3S/c15-9-1-8(2-10(16)5-9)14-17-6-11(21-14)7-3-12(18)20-13(19)4-7/h1-2,5-7H,3-4H2. The molecule has 2 heterocycles. The summed E-state index contributed by atoms with van der Waals surface area (Å²) in [5.74, 6) is -2.79. The summed E-state index contributed by atoms with van der Waals surface area (Å²) >= 11 is 1.21. The topological polar surface area (TPSA) is 56.3 Å². The van der Waals surface area contributed by atoms with Crippen LogP contribution in [0.2, 0.25) is 0 Å². The zero-order valence-corrected chi connectivity index (χ0v) is 11.5. The Balaban J connectivity index is 1.89. The smallest absolute Gasteiger partial charge is 0.314 e. The summed E-state index contributed by atoms with van der Waals surface area (Å²) in [7, 11) is 0. The van der Waals surface area contributed by atoms with Crippen molar-refractivity contribution >= 4 is 23.3 Å². The highest BCUT2D eigenvalue weighted by atomic mass is 32.1. The Bertz CT molecular complexity index is 693. The van der Waals surface area contributed by atoms with Gasteiger partial charge in [0, 0.05) is 28.6 Å². The zero-order valence-electron chi connectivity index (χ0n) is 10.6. The van der Waals surface area contributed by atoms with Gasteiger partial charge in [0.05, 0.1) is 12.8 Å². The van der Waals surface area contributed by atoms with Crippen LogP contribution < -0.4 is 0 Å². The van der Waals surface area contributed by atoms with Crippen molar-refractivity contribution in [2.45, 2.75) is 18.8 Å². The van der Waals surface area contributed by atoms with Crippen LogP contribution >= 0.6 is 11.3 Å². The van der Waals surface area contributed by atoms with Crippen LogP contribution in [0.1, 0.15) is 23.6 Å². The van der Waals surface area contributed by atoms with Crippen LogP contribution in [0.4, 0.5) is 8.78 Å². The van der Waals surface area contributed by atoms with E-state index in [1.54, 1.807) is 0 Å². The molecule has 0 N–H and O–H groups in total. The fraction of sp³-hybridized carbons (Fsp3) is 0.214. The largest absolute Gasteiger partial charge is 0.393 e. The quantitative estimate of drug-likeness (QED) is 0.632. The van der Waals surface area contributed by atoms with E-state index in [4.69, 9.17) is 0 Å². The molecule has 0 bridgehead atoms. The van der Waals surface area contributed by atoms with Crippen molar-refractivity contribution in [3.63, 3.8) is 0 Å². The summed E-state index contributed by atoms with van der Waals surface area (Å²) < 4.78 is 30.9. The van der Waals surface area contributed by atoms with Gasteiger partial charge in [-0.3, -0.25) is 9.59 Å². The molecule has 0 spiro atoms. The van der Waals surface area contributed by atoms with Crippen molar-refractivity contribution in [3.05, 3.63) is 40.9 Å². The molecule has 1 aliphatic heterocycles. The van der Waals surface area contributed by atoms with Crippen molar-refractivity contribution in [3.8, 4) is 10.6 Å². The van der Waals surface area contributed by atoms with E-state index in [1.807, 2.05) is 0 Å². The first-order chi connectivity index (χ1) is 10.0. The lowest BCUT2D eigenvalue weighted by Crippen LogP contribution is -2.23. The Kier molecular flexibility index (Phi) is 3.50. The van der Waals surface area contributed by atoms with Gasteiger partial charge in [0.15, 0.2) is 0 Å². The average Bonchev–Trinajstić information content (AvgIpc) is 2.85. The lowest BCUT2D eigenvalue weighted by Gasteiger charge is -2.17. The number of ether oxygens (including phenoxy) is 1. The van der Waals surface area contributed by atoms with Crippen LogP contribution in [0.25, 0.3) is 10.6 Å². The van der Waals surface area contributed by atoms with Gasteiger partial charge in [0.1, 0.15) is 16.6 Å². The molecule has 1 fully saturated rings. The molecule has 21 heavy (non-hydrogen) atoms. The number of hydrogen-bond donors (Lipinski definition) is 0. The molecule has 3 rings (SSSR count). The number of esters is 2. The molecule has 1 aromatic heterocycles. The third-order valence-corrected chi connectivity index (χ3v) is 4.30. The van der Waals surface area contributed by atoms with Gasteiger partial charge >= 0.3 is 11.9 Å². The highest BCUT2D eigenvalue weighted by Crippen LogP contribution is 2.35. The third kappa shape index (κ3) is 2.97. The minimum Gasteiger partial charge on any atom is -0.393 e. The molecule has 108 valence electrons. The van der Waals surface area contributed by atoms with E-state index in [2.05, 4.69) is 9.72 Å². The lowest BCUT2D eigenvalue weighted by atomic mass is 9.98. The van der Waals surface area contributed by atoms with Gasteiger partial charge in [0.25, 0.3) is 0 Å². The van der Waals surface area contributed by atoms with Crippen molar-refractivity contribution in [2.24, 2.45) is 0 Å². The summed E-state index contributed by atoms with van der Waals surface area (Å²) in [5.41, 5.74) is 0.327. The highest BCUT2D eigenvalue weighted by molar-refractivity contribution is 7.15. The number of nitrogens with zero attached hydrogens (tertiary/aromatic N) is 1. The van der Waals surface area contributed by atoms with Crippen LogP contribution in [0, 0.1) is 11.6 Å². The number of carbonyl (C=O) groups is 2. The molecule has 7 heteroatoms. The van der Waals surface area contributed by atoms with Crippen LogP contribution in [0.15, 0.2) is 24.4 Å². The van der Waals surface area contributed by atoms with Gasteiger partial charge in [-0.1, -0.05) is 0 Å². The molecule has 0 amide bonds. The SMILES string of the molecule is O=C1CC(c2cnc(-c3cc(F)cc(F)c3)s2)CC(=O)O1. The van der Waals surface area contributed by atoms with Gasteiger partial charge in [-0.15, -0.1) is 11.3 Å². The van der Waals surface area contributed by atoms with E-state index in [9.17, 15) is 18.4 Å². The normalized spacial score (nSPS) is 16.1. The molecular weight excluding hydrogens is 300 g/mol. The Morgan fingerprint density at radius 1 is 1.10 bits per heavy atom. The summed E-state index contributed by atoms with van der Waals surface area (Å²) in [5, 5.41) is 0.440. The Morgan fingerprint density at radius 2 is 1.71 bits per heavy atom. The molecule has 1 aliphatic rings. The number of aromatic nitrogens is 1. The van der Waals surface area contributed by atoms with Gasteiger partial charge < -0.3 is 4.74 Å². The minimum absolute atomic E-state index is 0.102. The van der Waals surface area contributed by atoms with E-state index < -0.39 is 23.6 Å². The van der Waals surface area contributed by atoms with Gasteiger partial charge in [-0.05, 0) is 12.1 Å². The van der Waals surface area contributed by atoms with E-state index in [0.29, 0.717) is 10.6 Å². The number of hydrogen-bond acceptors (Lipinski definition) is 5. The maximum atomic E-state index is 13.2. The maximum Gasteiger partial charge on any atom is 0.314 e. The number of carbonyl (C=O) groups excluding carboxylic acids is 2. The van der Waals surface area contributed by atoms with Crippen LogP contribution in [-0.4, -0.2) is 16.9 Å². The van der Waals surface area contributed by atoms with Crippen LogP contribution in [-0.2, 0) is 14.3 Å². The number of benzene rings is 1. The average molecular weight is 309 g/mol. The molecule has 4 nitrogen and oxygen atoms in total. The second-order valence-corrected chi connectivity index (χ2v) is 5.74. The predicted molar refractivity (Wildman–Crippen MR) is 70.5 cm³/mol. The first-order valence-corrected chi connectivity index (χ1v) is 6.98. The number of cyclic esters (lactones) is 2. The molecule has 0 unspecified atom stereocenters.